The summed E-state index contributed by atoms with van der Waals surface area (Å²) in [5.74, 6) is 0. The third-order valence-corrected chi connectivity index (χ3v) is 3.66. The van der Waals surface area contributed by atoms with E-state index in [0.717, 1.165) is 12.1 Å². The second-order valence-corrected chi connectivity index (χ2v) is 4.64. The van der Waals surface area contributed by atoms with Gasteiger partial charge in [0.1, 0.15) is 0 Å². The third kappa shape index (κ3) is 1.28. The van der Waals surface area contributed by atoms with E-state index in [-0.39, 0.29) is 0 Å². The van der Waals surface area contributed by atoms with E-state index in [4.69, 9.17) is 0 Å². The lowest BCUT2D eigenvalue weighted by Crippen LogP contribution is -2.38. The van der Waals surface area contributed by atoms with E-state index in [1.54, 1.807) is 0 Å². The Hall–Kier alpha value is -0.500. The average molecular weight is 180 g/mol. The summed E-state index contributed by atoms with van der Waals surface area (Å²) in [6.45, 7) is 9.97. The molecule has 2 aliphatic rings. The van der Waals surface area contributed by atoms with Crippen molar-refractivity contribution in [3.05, 3.63) is 12.3 Å². The van der Waals surface area contributed by atoms with E-state index >= 15 is 0 Å². The maximum atomic E-state index is 4.11. The van der Waals surface area contributed by atoms with Gasteiger partial charge in [0.2, 0.25) is 0 Å². The van der Waals surface area contributed by atoms with Gasteiger partial charge in [0.15, 0.2) is 0 Å². The van der Waals surface area contributed by atoms with Gasteiger partial charge in [-0.3, -0.25) is 4.90 Å². The predicted octanol–water partition coefficient (Wildman–Crippen LogP) is 1.69. The molecule has 0 spiro atoms. The monoisotopic (exact) mass is 180 g/mol. The minimum atomic E-state index is 0.689. The molecule has 0 unspecified atom stereocenters. The maximum absolute atomic E-state index is 4.11. The van der Waals surface area contributed by atoms with Crippen LogP contribution in [0.4, 0.5) is 0 Å². The van der Waals surface area contributed by atoms with Crippen LogP contribution in [0.5, 0.6) is 0 Å². The highest BCUT2D eigenvalue weighted by atomic mass is 15.3. The number of fused-ring (bicyclic) bond motifs is 1. The summed E-state index contributed by atoms with van der Waals surface area (Å²) in [5.41, 5.74) is 1.32. The highest BCUT2D eigenvalue weighted by Gasteiger charge is 2.42. The molecule has 2 atom stereocenters. The highest BCUT2D eigenvalue weighted by Crippen LogP contribution is 2.36. The number of rotatable bonds is 1. The second kappa shape index (κ2) is 3.02. The Labute approximate surface area is 81.2 Å². The van der Waals surface area contributed by atoms with Crippen molar-refractivity contribution in [2.24, 2.45) is 0 Å². The van der Waals surface area contributed by atoms with Crippen LogP contribution in [0, 0.1) is 0 Å². The molecule has 0 aromatic heterocycles. The van der Waals surface area contributed by atoms with Crippen molar-refractivity contribution in [2.45, 2.75) is 44.8 Å². The molecule has 0 N–H and O–H groups in total. The van der Waals surface area contributed by atoms with Gasteiger partial charge >= 0.3 is 0 Å². The van der Waals surface area contributed by atoms with Gasteiger partial charge < -0.3 is 4.90 Å². The molecule has 74 valence electrons. The van der Waals surface area contributed by atoms with E-state index in [1.807, 2.05) is 0 Å². The van der Waals surface area contributed by atoms with Gasteiger partial charge in [-0.15, -0.1) is 0 Å². The summed E-state index contributed by atoms with van der Waals surface area (Å²) in [6.07, 6.45) is 2.50. The SMILES string of the molecule is C=C1C[C@H]2[C@H](CCN2C(C)C)N1C. The number of hydrogen-bond acceptors (Lipinski definition) is 2. The van der Waals surface area contributed by atoms with Crippen molar-refractivity contribution in [3.63, 3.8) is 0 Å². The Bertz CT molecular complexity index is 222. The first-order valence-electron chi connectivity index (χ1n) is 5.27. The van der Waals surface area contributed by atoms with Gasteiger partial charge in [-0.25, -0.2) is 0 Å². The van der Waals surface area contributed by atoms with Crippen LogP contribution in [0.15, 0.2) is 12.3 Å². The lowest BCUT2D eigenvalue weighted by molar-refractivity contribution is 0.196. The Morgan fingerprint density at radius 1 is 1.38 bits per heavy atom. The topological polar surface area (TPSA) is 6.48 Å². The van der Waals surface area contributed by atoms with Crippen molar-refractivity contribution in [1.29, 1.82) is 0 Å². The van der Waals surface area contributed by atoms with Gasteiger partial charge in [0.05, 0.1) is 0 Å². The zero-order valence-corrected chi connectivity index (χ0v) is 8.95. The fourth-order valence-corrected chi connectivity index (χ4v) is 2.83. The summed E-state index contributed by atoms with van der Waals surface area (Å²) < 4.78 is 0. The van der Waals surface area contributed by atoms with E-state index < -0.39 is 0 Å². The molecule has 0 aliphatic carbocycles. The number of likely N-dealkylation sites (tertiary alicyclic amines) is 2. The summed E-state index contributed by atoms with van der Waals surface area (Å²) in [6, 6.07) is 2.18. The molecule has 2 saturated heterocycles. The molecule has 2 rings (SSSR count). The largest absolute Gasteiger partial charge is 0.374 e. The van der Waals surface area contributed by atoms with Gasteiger partial charge in [-0.1, -0.05) is 6.58 Å². The minimum Gasteiger partial charge on any atom is -0.374 e. The minimum absolute atomic E-state index is 0.689. The predicted molar refractivity (Wildman–Crippen MR) is 55.6 cm³/mol. The Morgan fingerprint density at radius 3 is 2.69 bits per heavy atom. The van der Waals surface area contributed by atoms with E-state index in [0.29, 0.717) is 6.04 Å². The van der Waals surface area contributed by atoms with Gasteiger partial charge in [-0.05, 0) is 20.3 Å². The lowest BCUT2D eigenvalue weighted by atomic mass is 10.1. The molecule has 0 saturated carbocycles. The van der Waals surface area contributed by atoms with Crippen molar-refractivity contribution >= 4 is 0 Å². The molecule has 0 aromatic carbocycles. The molecular formula is C11H20N2. The Kier molecular flexibility index (Phi) is 2.11. The molecule has 2 aliphatic heterocycles. The molecular weight excluding hydrogens is 160 g/mol. The van der Waals surface area contributed by atoms with Crippen molar-refractivity contribution in [1.82, 2.24) is 9.80 Å². The van der Waals surface area contributed by atoms with Gasteiger partial charge in [-0.2, -0.15) is 0 Å². The third-order valence-electron chi connectivity index (χ3n) is 3.66. The smallest absolute Gasteiger partial charge is 0.0455 e. The van der Waals surface area contributed by atoms with Crippen molar-refractivity contribution in [2.75, 3.05) is 13.6 Å². The first-order valence-corrected chi connectivity index (χ1v) is 5.27. The van der Waals surface area contributed by atoms with Crippen LogP contribution in [0.3, 0.4) is 0 Å². The van der Waals surface area contributed by atoms with E-state index in [1.165, 1.54) is 25.1 Å². The molecule has 2 heteroatoms. The van der Waals surface area contributed by atoms with Crippen molar-refractivity contribution < 1.29 is 0 Å². The molecule has 0 amide bonds. The standard InChI is InChI=1S/C11H20N2/c1-8(2)13-6-5-10-11(13)7-9(3)12(10)4/h8,10-11H,3,5-7H2,1-2,4H3/t10-,11-/m0/s1. The lowest BCUT2D eigenvalue weighted by Gasteiger charge is -2.27. The van der Waals surface area contributed by atoms with E-state index in [2.05, 4.69) is 37.3 Å². The zero-order valence-electron chi connectivity index (χ0n) is 8.95. The van der Waals surface area contributed by atoms with Crippen LogP contribution >= 0.6 is 0 Å². The van der Waals surface area contributed by atoms with E-state index in [9.17, 15) is 0 Å². The van der Waals surface area contributed by atoms with Crippen LogP contribution in [0.25, 0.3) is 0 Å². The first-order chi connectivity index (χ1) is 6.11. The van der Waals surface area contributed by atoms with Crippen LogP contribution in [0.1, 0.15) is 26.7 Å². The highest BCUT2D eigenvalue weighted by molar-refractivity contribution is 5.13. The van der Waals surface area contributed by atoms with Gasteiger partial charge in [0.25, 0.3) is 0 Å². The Balaban J connectivity index is 2.13. The quantitative estimate of drug-likeness (QED) is 0.606. The van der Waals surface area contributed by atoms with Crippen molar-refractivity contribution in [3.8, 4) is 0 Å². The Morgan fingerprint density at radius 2 is 2.08 bits per heavy atom. The molecule has 0 bridgehead atoms. The molecule has 13 heavy (non-hydrogen) atoms. The van der Waals surface area contributed by atoms with Crippen LogP contribution < -0.4 is 0 Å². The molecule has 2 fully saturated rings. The summed E-state index contributed by atoms with van der Waals surface area (Å²) in [4.78, 5) is 5.01. The first kappa shape index (κ1) is 9.07. The molecule has 2 heterocycles. The average Bonchev–Trinajstić information content (AvgIpc) is 2.55. The molecule has 0 aromatic rings. The summed E-state index contributed by atoms with van der Waals surface area (Å²) in [7, 11) is 2.19. The summed E-state index contributed by atoms with van der Waals surface area (Å²) >= 11 is 0. The zero-order chi connectivity index (χ0) is 9.59. The van der Waals surface area contributed by atoms with Gasteiger partial charge in [0, 0.05) is 43.8 Å². The fraction of sp³-hybridized carbons (Fsp3) is 0.818. The summed E-state index contributed by atoms with van der Waals surface area (Å²) in [5, 5.41) is 0. The van der Waals surface area contributed by atoms with Crippen LogP contribution in [-0.4, -0.2) is 41.5 Å². The van der Waals surface area contributed by atoms with Crippen LogP contribution in [0.2, 0.25) is 0 Å². The van der Waals surface area contributed by atoms with Crippen LogP contribution in [-0.2, 0) is 0 Å². The number of likely N-dealkylation sites (N-methyl/N-ethyl adjacent to an activating group) is 1. The maximum Gasteiger partial charge on any atom is 0.0455 e. The number of hydrogen-bond donors (Lipinski definition) is 0. The molecule has 2 nitrogen and oxygen atoms in total. The normalized spacial score (nSPS) is 34.8. The number of nitrogens with zero attached hydrogens (tertiary/aromatic N) is 2. The second-order valence-electron chi connectivity index (χ2n) is 4.64. The fourth-order valence-electron chi connectivity index (χ4n) is 2.83. The molecule has 0 radical (unpaired) electrons.